The topological polar surface area (TPSA) is 59.1 Å². The molecule has 1 fully saturated rings. The van der Waals surface area contributed by atoms with Gasteiger partial charge >= 0.3 is 6.09 Å². The zero-order chi connectivity index (χ0) is 18.6. The fourth-order valence-electron chi connectivity index (χ4n) is 2.57. The molecule has 138 valence electrons. The predicted octanol–water partition coefficient (Wildman–Crippen LogP) is 3.08. The van der Waals surface area contributed by atoms with Crippen molar-refractivity contribution < 1.29 is 19.1 Å². The lowest BCUT2D eigenvalue weighted by atomic mass is 10.1. The number of hydrogen-bond acceptors (Lipinski definition) is 4. The highest BCUT2D eigenvalue weighted by Crippen LogP contribution is 2.26. The van der Waals surface area contributed by atoms with Crippen molar-refractivity contribution in [1.82, 2.24) is 9.80 Å². The largest absolute Gasteiger partial charge is 0.496 e. The number of halogens is 1. The van der Waals surface area contributed by atoms with Gasteiger partial charge in [0.2, 0.25) is 5.91 Å². The number of rotatable bonds is 3. The van der Waals surface area contributed by atoms with E-state index in [9.17, 15) is 9.59 Å². The minimum atomic E-state index is -0.508. The van der Waals surface area contributed by atoms with Crippen LogP contribution < -0.4 is 4.74 Å². The number of hydrogen-bond donors (Lipinski definition) is 0. The van der Waals surface area contributed by atoms with E-state index in [0.29, 0.717) is 32.6 Å². The maximum Gasteiger partial charge on any atom is 0.410 e. The second-order valence-corrected chi connectivity index (χ2v) is 7.85. The third kappa shape index (κ3) is 5.63. The SMILES string of the molecule is COc1ccc(CC(=O)N2CCN(C(=O)OC(C)(C)C)CC2)cc1Br. The number of carbonyl (C=O) groups is 2. The molecule has 25 heavy (non-hydrogen) atoms. The summed E-state index contributed by atoms with van der Waals surface area (Å²) in [7, 11) is 1.61. The van der Waals surface area contributed by atoms with E-state index in [1.54, 1.807) is 16.9 Å². The number of carbonyl (C=O) groups excluding carboxylic acids is 2. The molecule has 1 aromatic rings. The maximum absolute atomic E-state index is 12.5. The van der Waals surface area contributed by atoms with Crippen LogP contribution in [0.25, 0.3) is 0 Å². The molecule has 0 atom stereocenters. The number of methoxy groups -OCH3 is 1. The molecule has 0 aromatic heterocycles. The summed E-state index contributed by atoms with van der Waals surface area (Å²) in [4.78, 5) is 28.0. The lowest BCUT2D eigenvalue weighted by molar-refractivity contribution is -0.132. The summed E-state index contributed by atoms with van der Waals surface area (Å²) in [5.74, 6) is 0.795. The molecule has 1 aliphatic heterocycles. The summed E-state index contributed by atoms with van der Waals surface area (Å²) >= 11 is 3.43. The van der Waals surface area contributed by atoms with Crippen molar-refractivity contribution in [3.8, 4) is 5.75 Å². The van der Waals surface area contributed by atoms with Crippen LogP contribution in [0.1, 0.15) is 26.3 Å². The van der Waals surface area contributed by atoms with Gasteiger partial charge in [0, 0.05) is 26.2 Å². The number of nitrogens with zero attached hydrogens (tertiary/aromatic N) is 2. The Hall–Kier alpha value is -1.76. The Morgan fingerprint density at radius 2 is 1.72 bits per heavy atom. The zero-order valence-corrected chi connectivity index (χ0v) is 16.8. The van der Waals surface area contributed by atoms with Crippen LogP contribution in [0.5, 0.6) is 5.75 Å². The zero-order valence-electron chi connectivity index (χ0n) is 15.2. The highest BCUT2D eigenvalue weighted by atomic mass is 79.9. The van der Waals surface area contributed by atoms with Crippen molar-refractivity contribution in [2.24, 2.45) is 0 Å². The van der Waals surface area contributed by atoms with Crippen LogP contribution in [0.15, 0.2) is 22.7 Å². The van der Waals surface area contributed by atoms with E-state index in [1.165, 1.54) is 0 Å². The summed E-state index contributed by atoms with van der Waals surface area (Å²) in [5, 5.41) is 0. The minimum absolute atomic E-state index is 0.0564. The molecule has 0 spiro atoms. The van der Waals surface area contributed by atoms with Gasteiger partial charge in [-0.05, 0) is 54.4 Å². The average molecular weight is 413 g/mol. The first-order valence-corrected chi connectivity index (χ1v) is 9.07. The van der Waals surface area contributed by atoms with Crippen LogP contribution >= 0.6 is 15.9 Å². The smallest absolute Gasteiger partial charge is 0.410 e. The van der Waals surface area contributed by atoms with Crippen molar-refractivity contribution in [2.45, 2.75) is 32.8 Å². The molecule has 0 aliphatic carbocycles. The molecule has 0 N–H and O–H groups in total. The van der Waals surface area contributed by atoms with Gasteiger partial charge in [0.1, 0.15) is 11.4 Å². The van der Waals surface area contributed by atoms with E-state index in [0.717, 1.165) is 15.8 Å². The van der Waals surface area contributed by atoms with Crippen molar-refractivity contribution in [1.29, 1.82) is 0 Å². The van der Waals surface area contributed by atoms with Gasteiger partial charge in [-0.3, -0.25) is 4.79 Å². The molecule has 6 nitrogen and oxygen atoms in total. The highest BCUT2D eigenvalue weighted by molar-refractivity contribution is 9.10. The van der Waals surface area contributed by atoms with Crippen LogP contribution in [-0.2, 0) is 16.0 Å². The van der Waals surface area contributed by atoms with E-state index >= 15 is 0 Å². The van der Waals surface area contributed by atoms with E-state index in [-0.39, 0.29) is 12.0 Å². The van der Waals surface area contributed by atoms with E-state index in [4.69, 9.17) is 9.47 Å². The van der Waals surface area contributed by atoms with Gasteiger partial charge in [-0.15, -0.1) is 0 Å². The van der Waals surface area contributed by atoms with Crippen molar-refractivity contribution in [3.05, 3.63) is 28.2 Å². The number of amides is 2. The number of ether oxygens (including phenoxy) is 2. The third-order valence-electron chi connectivity index (χ3n) is 3.86. The molecule has 2 rings (SSSR count). The van der Waals surface area contributed by atoms with Gasteiger partial charge in [-0.1, -0.05) is 6.07 Å². The van der Waals surface area contributed by atoms with Gasteiger partial charge in [0.25, 0.3) is 0 Å². The van der Waals surface area contributed by atoms with Crippen LogP contribution in [0.3, 0.4) is 0 Å². The van der Waals surface area contributed by atoms with E-state index in [1.807, 2.05) is 39.0 Å². The molecule has 7 heteroatoms. The quantitative estimate of drug-likeness (QED) is 0.765. The molecular formula is C18H25BrN2O4. The highest BCUT2D eigenvalue weighted by Gasteiger charge is 2.27. The first-order valence-electron chi connectivity index (χ1n) is 8.28. The lowest BCUT2D eigenvalue weighted by Gasteiger charge is -2.35. The molecule has 0 unspecified atom stereocenters. The van der Waals surface area contributed by atoms with Gasteiger partial charge in [0.15, 0.2) is 0 Å². The van der Waals surface area contributed by atoms with Crippen LogP contribution in [0.4, 0.5) is 4.79 Å². The Bertz CT molecular complexity index is 634. The van der Waals surface area contributed by atoms with Gasteiger partial charge < -0.3 is 19.3 Å². The minimum Gasteiger partial charge on any atom is -0.496 e. The normalized spacial score (nSPS) is 15.1. The van der Waals surface area contributed by atoms with Crippen LogP contribution in [0.2, 0.25) is 0 Å². The maximum atomic E-state index is 12.5. The fourth-order valence-corrected chi connectivity index (χ4v) is 3.16. The molecule has 1 aliphatic rings. The average Bonchev–Trinajstić information content (AvgIpc) is 2.53. The Morgan fingerprint density at radius 1 is 1.12 bits per heavy atom. The Kier molecular flexibility index (Phi) is 6.32. The standard InChI is InChI=1S/C18H25BrN2O4/c1-18(2,3)25-17(23)21-9-7-20(8-10-21)16(22)12-13-5-6-15(24-4)14(19)11-13/h5-6,11H,7-10,12H2,1-4H3. The Labute approximate surface area is 157 Å². The molecule has 1 heterocycles. The number of piperazine rings is 1. The molecule has 0 bridgehead atoms. The fraction of sp³-hybridized carbons (Fsp3) is 0.556. The van der Waals surface area contributed by atoms with Crippen LogP contribution in [0, 0.1) is 0 Å². The van der Waals surface area contributed by atoms with Crippen molar-refractivity contribution in [3.63, 3.8) is 0 Å². The lowest BCUT2D eigenvalue weighted by Crippen LogP contribution is -2.51. The Balaban J connectivity index is 1.87. The summed E-state index contributed by atoms with van der Waals surface area (Å²) in [6.45, 7) is 7.57. The summed E-state index contributed by atoms with van der Waals surface area (Å²) in [6.07, 6.45) is 0.00774. The monoisotopic (exact) mass is 412 g/mol. The third-order valence-corrected chi connectivity index (χ3v) is 4.48. The summed E-state index contributed by atoms with van der Waals surface area (Å²) in [6, 6.07) is 5.62. The molecular weight excluding hydrogens is 388 g/mol. The van der Waals surface area contributed by atoms with E-state index in [2.05, 4.69) is 15.9 Å². The summed E-state index contributed by atoms with van der Waals surface area (Å²) < 4.78 is 11.4. The second-order valence-electron chi connectivity index (χ2n) is 6.99. The molecule has 0 saturated carbocycles. The number of benzene rings is 1. The van der Waals surface area contributed by atoms with Gasteiger partial charge in [-0.2, -0.15) is 0 Å². The molecule has 1 saturated heterocycles. The van der Waals surface area contributed by atoms with Crippen molar-refractivity contribution >= 4 is 27.9 Å². The van der Waals surface area contributed by atoms with Crippen LogP contribution in [-0.4, -0.2) is 60.7 Å². The second kappa shape index (κ2) is 8.08. The first-order chi connectivity index (χ1) is 11.7. The van der Waals surface area contributed by atoms with Gasteiger partial charge in [-0.25, -0.2) is 4.79 Å². The summed E-state index contributed by atoms with van der Waals surface area (Å²) in [5.41, 5.74) is 0.415. The van der Waals surface area contributed by atoms with E-state index < -0.39 is 5.60 Å². The molecule has 2 amide bonds. The Morgan fingerprint density at radius 3 is 2.24 bits per heavy atom. The first kappa shape index (κ1) is 19.6. The molecule has 1 aromatic carbocycles. The van der Waals surface area contributed by atoms with Crippen molar-refractivity contribution in [2.75, 3.05) is 33.3 Å². The predicted molar refractivity (Wildman–Crippen MR) is 98.8 cm³/mol. The molecule has 0 radical (unpaired) electrons. The van der Waals surface area contributed by atoms with Gasteiger partial charge in [0.05, 0.1) is 18.0 Å².